The Morgan fingerprint density at radius 3 is 2.18 bits per heavy atom. The second kappa shape index (κ2) is 9.80. The first-order valence-corrected chi connectivity index (χ1v) is 12.2. The van der Waals surface area contributed by atoms with Crippen LogP contribution < -0.4 is 9.13 Å². The third-order valence-electron chi connectivity index (χ3n) is 5.26. The average Bonchev–Trinajstić information content (AvgIpc) is 2.84. The number of halogens is 2. The summed E-state index contributed by atoms with van der Waals surface area (Å²) >= 11 is 0. The molecule has 8 nitrogen and oxygen atoms in total. The van der Waals surface area contributed by atoms with Gasteiger partial charge in [0.15, 0.2) is 49.5 Å². The highest BCUT2D eigenvalue weighted by Gasteiger charge is 2.19. The van der Waals surface area contributed by atoms with Crippen molar-refractivity contribution >= 4 is 24.9 Å². The second-order valence-corrected chi connectivity index (χ2v) is 9.44. The molecule has 0 amide bonds. The number of carbonyl (C=O) groups excluding carboxylic acids is 1. The lowest BCUT2D eigenvalue weighted by atomic mass is 10.0. The standard InChI is InChI=1S/C23H19F2N4O4P/c24-21-18(16-2-7-28(8-3-16)6-1-12-30)14-19-23(22(21)25)27-20(15-26-19)17-4-9-29(10-5-17)11-13-34(31,32)33/h2-5,7-10,12,14-15H,1,6,11,13H2/p+2. The van der Waals surface area contributed by atoms with Crippen LogP contribution in [0.2, 0.25) is 0 Å². The van der Waals surface area contributed by atoms with Crippen molar-refractivity contribution in [1.29, 1.82) is 0 Å². The molecule has 0 aliphatic rings. The van der Waals surface area contributed by atoms with E-state index in [9.17, 15) is 18.1 Å². The van der Waals surface area contributed by atoms with E-state index < -0.39 is 19.2 Å². The van der Waals surface area contributed by atoms with Gasteiger partial charge in [-0.2, -0.15) is 0 Å². The summed E-state index contributed by atoms with van der Waals surface area (Å²) in [4.78, 5) is 37.0. The molecule has 34 heavy (non-hydrogen) atoms. The van der Waals surface area contributed by atoms with Gasteiger partial charge in [-0.3, -0.25) is 9.55 Å². The number of nitrogens with zero attached hydrogens (tertiary/aromatic N) is 4. The van der Waals surface area contributed by atoms with Crippen molar-refractivity contribution in [3.05, 3.63) is 73.0 Å². The van der Waals surface area contributed by atoms with Crippen molar-refractivity contribution in [2.24, 2.45) is 0 Å². The third kappa shape index (κ3) is 5.36. The van der Waals surface area contributed by atoms with Crippen LogP contribution in [0.25, 0.3) is 33.4 Å². The molecule has 0 bridgehead atoms. The molecule has 0 radical (unpaired) electrons. The van der Waals surface area contributed by atoms with E-state index in [0.717, 1.165) is 6.29 Å². The summed E-state index contributed by atoms with van der Waals surface area (Å²) in [5, 5.41) is 0. The smallest absolute Gasteiger partial charge is 0.324 e. The molecule has 3 heterocycles. The normalized spacial score (nSPS) is 11.6. The molecule has 0 unspecified atom stereocenters. The molecule has 2 N–H and O–H groups in total. The summed E-state index contributed by atoms with van der Waals surface area (Å²) in [6.07, 6.45) is 8.95. The lowest BCUT2D eigenvalue weighted by molar-refractivity contribution is -0.695. The van der Waals surface area contributed by atoms with Crippen LogP contribution in [0.4, 0.5) is 8.78 Å². The highest BCUT2D eigenvalue weighted by molar-refractivity contribution is 7.51. The second-order valence-electron chi connectivity index (χ2n) is 7.67. The molecule has 0 spiro atoms. The zero-order valence-electron chi connectivity index (χ0n) is 17.9. The molecule has 0 fully saturated rings. The number of fused-ring (bicyclic) bond motifs is 1. The minimum atomic E-state index is -4.11. The number of aldehydes is 1. The van der Waals surface area contributed by atoms with E-state index >= 15 is 0 Å². The molecule has 0 aliphatic carbocycles. The summed E-state index contributed by atoms with van der Waals surface area (Å²) in [7, 11) is -4.11. The van der Waals surface area contributed by atoms with Gasteiger partial charge >= 0.3 is 7.60 Å². The van der Waals surface area contributed by atoms with Crippen molar-refractivity contribution < 1.29 is 37.1 Å². The summed E-state index contributed by atoms with van der Waals surface area (Å²) in [5.41, 5.74) is 1.44. The van der Waals surface area contributed by atoms with Gasteiger partial charge in [-0.25, -0.2) is 22.9 Å². The Hall–Kier alpha value is -3.46. The fraction of sp³-hybridized carbons (Fsp3) is 0.174. The van der Waals surface area contributed by atoms with Gasteiger partial charge in [0.2, 0.25) is 0 Å². The van der Waals surface area contributed by atoms with E-state index in [2.05, 4.69) is 9.97 Å². The molecule has 4 aromatic rings. The minimum Gasteiger partial charge on any atom is -0.324 e. The molecule has 0 saturated carbocycles. The third-order valence-corrected chi connectivity index (χ3v) is 6.05. The van der Waals surface area contributed by atoms with E-state index in [4.69, 9.17) is 9.79 Å². The Labute approximate surface area is 193 Å². The van der Waals surface area contributed by atoms with E-state index in [-0.39, 0.29) is 29.3 Å². The maximum atomic E-state index is 15.0. The molecule has 0 aliphatic heterocycles. The summed E-state index contributed by atoms with van der Waals surface area (Å²) in [6, 6.07) is 8.03. The Morgan fingerprint density at radius 1 is 0.941 bits per heavy atom. The van der Waals surface area contributed by atoms with Gasteiger partial charge in [0.1, 0.15) is 18.0 Å². The number of pyridine rings is 2. The van der Waals surface area contributed by atoms with Crippen LogP contribution in [0.15, 0.2) is 61.3 Å². The largest absolute Gasteiger partial charge is 0.331 e. The SMILES string of the molecule is O=CCC[n+]1ccc(-c2cc3ncc(-c4cc[n+](CCP(=O)(O)O)cc4)nc3c(F)c2F)cc1. The minimum absolute atomic E-state index is 0.0559. The van der Waals surface area contributed by atoms with Crippen molar-refractivity contribution in [1.82, 2.24) is 9.97 Å². The van der Waals surface area contributed by atoms with Crippen LogP contribution in [-0.2, 0) is 22.4 Å². The van der Waals surface area contributed by atoms with Crippen LogP contribution in [0.3, 0.4) is 0 Å². The highest BCUT2D eigenvalue weighted by Crippen LogP contribution is 2.33. The number of carbonyl (C=O) groups is 1. The van der Waals surface area contributed by atoms with Crippen molar-refractivity contribution in [3.63, 3.8) is 0 Å². The Bertz CT molecular complexity index is 1390. The topological polar surface area (TPSA) is 108 Å². The van der Waals surface area contributed by atoms with Crippen LogP contribution in [0.5, 0.6) is 0 Å². The highest BCUT2D eigenvalue weighted by atomic mass is 31.2. The maximum absolute atomic E-state index is 15.0. The number of aromatic nitrogens is 4. The molecular weight excluding hydrogens is 465 g/mol. The predicted molar refractivity (Wildman–Crippen MR) is 118 cm³/mol. The lowest BCUT2D eigenvalue weighted by Crippen LogP contribution is -2.34. The summed E-state index contributed by atoms with van der Waals surface area (Å²) in [6.45, 7) is 0.628. The molecule has 4 rings (SSSR count). The van der Waals surface area contributed by atoms with E-state index in [1.54, 1.807) is 58.2 Å². The van der Waals surface area contributed by atoms with Gasteiger partial charge in [0, 0.05) is 35.4 Å². The van der Waals surface area contributed by atoms with E-state index in [0.29, 0.717) is 29.8 Å². The average molecular weight is 486 g/mol. The van der Waals surface area contributed by atoms with Crippen LogP contribution in [0, 0.1) is 11.6 Å². The maximum Gasteiger partial charge on any atom is 0.331 e. The van der Waals surface area contributed by atoms with Gasteiger partial charge in [-0.15, -0.1) is 0 Å². The van der Waals surface area contributed by atoms with Crippen molar-refractivity contribution in [3.8, 4) is 22.4 Å². The quantitative estimate of drug-likeness (QED) is 0.225. The molecule has 1 aromatic carbocycles. The monoisotopic (exact) mass is 486 g/mol. The van der Waals surface area contributed by atoms with E-state index in [1.165, 1.54) is 12.3 Å². The first-order valence-electron chi connectivity index (χ1n) is 10.4. The summed E-state index contributed by atoms with van der Waals surface area (Å²) in [5.74, 6) is -2.14. The zero-order valence-corrected chi connectivity index (χ0v) is 18.8. The number of hydrogen-bond donors (Lipinski definition) is 2. The predicted octanol–water partition coefficient (Wildman–Crippen LogP) is 2.58. The van der Waals surface area contributed by atoms with Gasteiger partial charge in [0.05, 0.1) is 23.8 Å². The Kier molecular flexibility index (Phi) is 6.83. The van der Waals surface area contributed by atoms with Gasteiger partial charge < -0.3 is 14.6 Å². The van der Waals surface area contributed by atoms with Gasteiger partial charge in [0.25, 0.3) is 0 Å². The Balaban J connectivity index is 1.63. The first-order chi connectivity index (χ1) is 16.2. The van der Waals surface area contributed by atoms with Gasteiger partial charge in [-0.05, 0) is 11.6 Å². The summed E-state index contributed by atoms with van der Waals surface area (Å²) < 4.78 is 44.3. The van der Waals surface area contributed by atoms with Crippen molar-refractivity contribution in [2.45, 2.75) is 19.5 Å². The molecule has 0 saturated heterocycles. The fourth-order valence-electron chi connectivity index (χ4n) is 3.45. The molecule has 11 heteroatoms. The van der Waals surface area contributed by atoms with Crippen LogP contribution in [-0.4, -0.2) is 32.2 Å². The number of benzene rings is 1. The molecule has 174 valence electrons. The molecule has 0 atom stereocenters. The Morgan fingerprint density at radius 2 is 1.56 bits per heavy atom. The van der Waals surface area contributed by atoms with Crippen LogP contribution >= 0.6 is 7.60 Å². The fourth-order valence-corrected chi connectivity index (χ4v) is 3.94. The van der Waals surface area contributed by atoms with Crippen LogP contribution in [0.1, 0.15) is 6.42 Å². The zero-order chi connectivity index (χ0) is 24.3. The van der Waals surface area contributed by atoms with Gasteiger partial charge in [-0.1, -0.05) is 0 Å². The first kappa shape index (κ1) is 23.7. The number of rotatable bonds is 8. The number of hydrogen-bond acceptors (Lipinski definition) is 4. The number of aryl methyl sites for hydroxylation is 2. The lowest BCUT2D eigenvalue weighted by Gasteiger charge is -2.08. The van der Waals surface area contributed by atoms with Crippen molar-refractivity contribution in [2.75, 3.05) is 6.16 Å². The molecular formula is C23H21F2N4O4P+2. The molecule has 3 aromatic heterocycles. The van der Waals surface area contributed by atoms with E-state index in [1.807, 2.05) is 0 Å².